The largest absolute Gasteiger partial charge is 0.497 e. The molecule has 7 heteroatoms. The molecule has 1 aliphatic rings. The molecule has 0 radical (unpaired) electrons. The fourth-order valence-electron chi connectivity index (χ4n) is 3.12. The van der Waals surface area contributed by atoms with Crippen LogP contribution in [0.5, 0.6) is 5.75 Å². The molecule has 2 aromatic rings. The highest BCUT2D eigenvalue weighted by Crippen LogP contribution is 2.23. The molecule has 1 heterocycles. The number of rotatable bonds is 5. The Labute approximate surface area is 152 Å². The molecule has 0 saturated carbocycles. The van der Waals surface area contributed by atoms with Crippen molar-refractivity contribution in [3.63, 3.8) is 0 Å². The maximum atomic E-state index is 13.5. The number of methoxy groups -OCH3 is 1. The second-order valence-corrected chi connectivity index (χ2v) is 8.58. The number of amides is 1. The van der Waals surface area contributed by atoms with Crippen molar-refractivity contribution >= 4 is 15.7 Å². The summed E-state index contributed by atoms with van der Waals surface area (Å²) in [6, 6.07) is 12.2. The molecular formula is C19H20FNO4S. The SMILES string of the molecule is COc1ccc(C(=O)N(Cc2cccc(F)c2)C2CCS(=O)(=O)C2)cc1. The Kier molecular flexibility index (Phi) is 5.27. The third-order valence-corrected chi connectivity index (χ3v) is 6.24. The van der Waals surface area contributed by atoms with Crippen LogP contribution in [-0.2, 0) is 16.4 Å². The van der Waals surface area contributed by atoms with Gasteiger partial charge < -0.3 is 9.64 Å². The summed E-state index contributed by atoms with van der Waals surface area (Å²) >= 11 is 0. The number of sulfone groups is 1. The predicted molar refractivity (Wildman–Crippen MR) is 96.3 cm³/mol. The van der Waals surface area contributed by atoms with Gasteiger partial charge in [0.2, 0.25) is 0 Å². The number of hydrogen-bond donors (Lipinski definition) is 0. The second kappa shape index (κ2) is 7.45. The Bertz CT molecular complexity index is 896. The van der Waals surface area contributed by atoms with Crippen molar-refractivity contribution in [3.8, 4) is 5.75 Å². The molecule has 1 unspecified atom stereocenters. The monoisotopic (exact) mass is 377 g/mol. The van der Waals surface area contributed by atoms with Gasteiger partial charge in [-0.25, -0.2) is 12.8 Å². The average Bonchev–Trinajstić information content (AvgIpc) is 2.99. The fourth-order valence-corrected chi connectivity index (χ4v) is 4.85. The molecule has 1 aliphatic heterocycles. The van der Waals surface area contributed by atoms with Gasteiger partial charge in [0.15, 0.2) is 9.84 Å². The minimum atomic E-state index is -3.16. The summed E-state index contributed by atoms with van der Waals surface area (Å²) in [5.74, 6) is -0.0451. The number of hydrogen-bond acceptors (Lipinski definition) is 4. The molecule has 1 atom stereocenters. The zero-order valence-electron chi connectivity index (χ0n) is 14.4. The summed E-state index contributed by atoms with van der Waals surface area (Å²) in [7, 11) is -1.62. The van der Waals surface area contributed by atoms with E-state index in [-0.39, 0.29) is 24.0 Å². The van der Waals surface area contributed by atoms with E-state index in [9.17, 15) is 17.6 Å². The van der Waals surface area contributed by atoms with Crippen LogP contribution in [-0.4, -0.2) is 43.9 Å². The molecule has 1 fully saturated rings. The number of carbonyl (C=O) groups excluding carboxylic acids is 1. The van der Waals surface area contributed by atoms with Crippen molar-refractivity contribution in [2.45, 2.75) is 19.0 Å². The maximum absolute atomic E-state index is 13.5. The molecule has 0 aromatic heterocycles. The van der Waals surface area contributed by atoms with Gasteiger partial charge in [0.25, 0.3) is 5.91 Å². The molecule has 2 aromatic carbocycles. The van der Waals surface area contributed by atoms with Crippen molar-refractivity contribution in [1.82, 2.24) is 4.90 Å². The molecule has 26 heavy (non-hydrogen) atoms. The second-order valence-electron chi connectivity index (χ2n) is 6.35. The molecule has 0 aliphatic carbocycles. The van der Waals surface area contributed by atoms with Crippen LogP contribution >= 0.6 is 0 Å². The van der Waals surface area contributed by atoms with Gasteiger partial charge in [-0.05, 0) is 48.4 Å². The van der Waals surface area contributed by atoms with E-state index >= 15 is 0 Å². The van der Waals surface area contributed by atoms with Crippen molar-refractivity contribution in [2.24, 2.45) is 0 Å². The Balaban J connectivity index is 1.89. The summed E-state index contributed by atoms with van der Waals surface area (Å²) in [5.41, 5.74) is 1.06. The van der Waals surface area contributed by atoms with Crippen LogP contribution in [0.3, 0.4) is 0 Å². The first-order valence-corrected chi connectivity index (χ1v) is 10.1. The lowest BCUT2D eigenvalue weighted by Gasteiger charge is -2.28. The lowest BCUT2D eigenvalue weighted by molar-refractivity contribution is 0.0680. The normalized spacial score (nSPS) is 18.5. The van der Waals surface area contributed by atoms with Gasteiger partial charge in [0.1, 0.15) is 11.6 Å². The summed E-state index contributed by atoms with van der Waals surface area (Å²) in [4.78, 5) is 14.6. The number of ether oxygens (including phenoxy) is 1. The van der Waals surface area contributed by atoms with Crippen molar-refractivity contribution in [3.05, 3.63) is 65.5 Å². The molecule has 5 nitrogen and oxygen atoms in total. The summed E-state index contributed by atoms with van der Waals surface area (Å²) in [6.07, 6.45) is 0.388. The molecular weight excluding hydrogens is 357 g/mol. The Hall–Kier alpha value is -2.41. The van der Waals surface area contributed by atoms with E-state index in [1.165, 1.54) is 24.1 Å². The number of benzene rings is 2. The van der Waals surface area contributed by atoms with E-state index in [2.05, 4.69) is 0 Å². The van der Waals surface area contributed by atoms with Crippen LogP contribution in [0.15, 0.2) is 48.5 Å². The number of nitrogens with zero attached hydrogens (tertiary/aromatic N) is 1. The van der Waals surface area contributed by atoms with Gasteiger partial charge in [-0.15, -0.1) is 0 Å². The minimum absolute atomic E-state index is 0.0627. The molecule has 138 valence electrons. The summed E-state index contributed by atoms with van der Waals surface area (Å²) in [5, 5.41) is 0. The lowest BCUT2D eigenvalue weighted by atomic mass is 10.1. The maximum Gasteiger partial charge on any atom is 0.254 e. The van der Waals surface area contributed by atoms with Crippen LogP contribution in [0.1, 0.15) is 22.3 Å². The third kappa shape index (κ3) is 4.22. The first-order valence-electron chi connectivity index (χ1n) is 8.28. The van der Waals surface area contributed by atoms with Crippen LogP contribution in [0.4, 0.5) is 4.39 Å². The highest BCUT2D eigenvalue weighted by molar-refractivity contribution is 7.91. The zero-order chi connectivity index (χ0) is 18.7. The van der Waals surface area contributed by atoms with Crippen LogP contribution in [0.25, 0.3) is 0 Å². The molecule has 1 saturated heterocycles. The lowest BCUT2D eigenvalue weighted by Crippen LogP contribution is -2.40. The van der Waals surface area contributed by atoms with Crippen molar-refractivity contribution < 1.29 is 22.3 Å². The molecule has 3 rings (SSSR count). The van der Waals surface area contributed by atoms with E-state index < -0.39 is 21.7 Å². The number of halogens is 1. The smallest absolute Gasteiger partial charge is 0.254 e. The summed E-state index contributed by atoms with van der Waals surface area (Å²) < 4.78 is 42.4. The molecule has 0 N–H and O–H groups in total. The van der Waals surface area contributed by atoms with Gasteiger partial charge in [-0.1, -0.05) is 12.1 Å². The van der Waals surface area contributed by atoms with Crippen molar-refractivity contribution in [2.75, 3.05) is 18.6 Å². The number of carbonyl (C=O) groups is 1. The summed E-state index contributed by atoms with van der Waals surface area (Å²) in [6.45, 7) is 0.156. The first-order chi connectivity index (χ1) is 12.4. The highest BCUT2D eigenvalue weighted by atomic mass is 32.2. The van der Waals surface area contributed by atoms with E-state index in [1.54, 1.807) is 36.4 Å². The minimum Gasteiger partial charge on any atom is -0.497 e. The van der Waals surface area contributed by atoms with E-state index in [0.717, 1.165) is 0 Å². The Morgan fingerprint density at radius 3 is 2.54 bits per heavy atom. The molecule has 0 bridgehead atoms. The van der Waals surface area contributed by atoms with Gasteiger partial charge in [-0.2, -0.15) is 0 Å². The van der Waals surface area contributed by atoms with E-state index in [0.29, 0.717) is 23.3 Å². The highest BCUT2D eigenvalue weighted by Gasteiger charge is 2.35. The fraction of sp³-hybridized carbons (Fsp3) is 0.316. The predicted octanol–water partition coefficient (Wildman–Crippen LogP) is 2.66. The van der Waals surface area contributed by atoms with E-state index in [4.69, 9.17) is 4.74 Å². The van der Waals surface area contributed by atoms with Crippen LogP contribution < -0.4 is 4.74 Å². The van der Waals surface area contributed by atoms with Gasteiger partial charge in [0.05, 0.1) is 18.6 Å². The Morgan fingerprint density at radius 1 is 1.23 bits per heavy atom. The standard InChI is InChI=1S/C19H20FNO4S/c1-25-18-7-5-15(6-8-18)19(22)21(17-9-10-26(23,24)13-17)12-14-3-2-4-16(20)11-14/h2-8,11,17H,9-10,12-13H2,1H3. The van der Waals surface area contributed by atoms with E-state index in [1.807, 2.05) is 0 Å². The van der Waals surface area contributed by atoms with Gasteiger partial charge >= 0.3 is 0 Å². The van der Waals surface area contributed by atoms with Gasteiger partial charge in [0, 0.05) is 18.2 Å². The van der Waals surface area contributed by atoms with Crippen LogP contribution in [0.2, 0.25) is 0 Å². The Morgan fingerprint density at radius 2 is 1.96 bits per heavy atom. The van der Waals surface area contributed by atoms with Crippen LogP contribution in [0, 0.1) is 5.82 Å². The topological polar surface area (TPSA) is 63.7 Å². The zero-order valence-corrected chi connectivity index (χ0v) is 15.2. The first kappa shape index (κ1) is 18.4. The quantitative estimate of drug-likeness (QED) is 0.804. The molecule has 1 amide bonds. The third-order valence-electron chi connectivity index (χ3n) is 4.49. The average molecular weight is 377 g/mol. The van der Waals surface area contributed by atoms with Gasteiger partial charge in [-0.3, -0.25) is 4.79 Å². The molecule has 0 spiro atoms. The van der Waals surface area contributed by atoms with Crippen molar-refractivity contribution in [1.29, 1.82) is 0 Å².